The standard InChI is InChI=1S/C15H16O2/c16-14(17)9-11-10-15(7-3-4-8-15)13-6-2-1-5-12(11)13/h1-2,5-6,9H,3-4,7-8,10H2,(H,16,17). The molecule has 1 saturated carbocycles. The van der Waals surface area contributed by atoms with Crippen molar-refractivity contribution in [3.8, 4) is 0 Å². The number of aliphatic carboxylic acids is 1. The van der Waals surface area contributed by atoms with Crippen LogP contribution in [0.4, 0.5) is 0 Å². The molecule has 0 atom stereocenters. The molecule has 0 saturated heterocycles. The lowest BCUT2D eigenvalue weighted by Gasteiger charge is -2.23. The van der Waals surface area contributed by atoms with E-state index in [2.05, 4.69) is 18.2 Å². The van der Waals surface area contributed by atoms with Crippen molar-refractivity contribution in [2.24, 2.45) is 0 Å². The van der Waals surface area contributed by atoms with Gasteiger partial charge in [0.15, 0.2) is 0 Å². The lowest BCUT2D eigenvalue weighted by molar-refractivity contribution is -0.131. The molecule has 2 aliphatic carbocycles. The van der Waals surface area contributed by atoms with Crippen molar-refractivity contribution in [1.29, 1.82) is 0 Å². The number of fused-ring (bicyclic) bond motifs is 2. The van der Waals surface area contributed by atoms with Crippen LogP contribution in [0.1, 0.15) is 43.2 Å². The third-order valence-corrected chi connectivity index (χ3v) is 4.23. The minimum absolute atomic E-state index is 0.248. The Morgan fingerprint density at radius 3 is 2.65 bits per heavy atom. The van der Waals surface area contributed by atoms with Crippen LogP contribution in [0, 0.1) is 0 Å². The predicted octanol–water partition coefficient (Wildman–Crippen LogP) is 3.37. The molecule has 0 heterocycles. The molecule has 0 radical (unpaired) electrons. The Morgan fingerprint density at radius 1 is 1.24 bits per heavy atom. The van der Waals surface area contributed by atoms with Gasteiger partial charge in [-0.2, -0.15) is 0 Å². The Labute approximate surface area is 101 Å². The van der Waals surface area contributed by atoms with Crippen LogP contribution in [0.2, 0.25) is 0 Å². The highest BCUT2D eigenvalue weighted by molar-refractivity contribution is 5.92. The summed E-state index contributed by atoms with van der Waals surface area (Å²) in [5, 5.41) is 8.95. The van der Waals surface area contributed by atoms with Crippen LogP contribution in [0.15, 0.2) is 30.3 Å². The summed E-state index contributed by atoms with van der Waals surface area (Å²) in [5.41, 5.74) is 3.80. The van der Waals surface area contributed by atoms with E-state index in [0.717, 1.165) is 17.6 Å². The molecule has 0 aliphatic heterocycles. The van der Waals surface area contributed by atoms with Gasteiger partial charge in [0.2, 0.25) is 0 Å². The highest BCUT2D eigenvalue weighted by atomic mass is 16.4. The molecule has 0 aromatic heterocycles. The normalized spacial score (nSPS) is 23.2. The number of rotatable bonds is 1. The zero-order valence-electron chi connectivity index (χ0n) is 9.78. The van der Waals surface area contributed by atoms with E-state index in [0.29, 0.717) is 0 Å². The molecule has 1 fully saturated rings. The van der Waals surface area contributed by atoms with Gasteiger partial charge in [0.25, 0.3) is 0 Å². The number of hydrogen-bond acceptors (Lipinski definition) is 1. The van der Waals surface area contributed by atoms with E-state index >= 15 is 0 Å². The minimum Gasteiger partial charge on any atom is -0.478 e. The van der Waals surface area contributed by atoms with Gasteiger partial charge in [-0.3, -0.25) is 0 Å². The van der Waals surface area contributed by atoms with Crippen LogP contribution in [-0.2, 0) is 10.2 Å². The molecule has 0 unspecified atom stereocenters. The van der Waals surface area contributed by atoms with E-state index in [-0.39, 0.29) is 5.41 Å². The van der Waals surface area contributed by atoms with Crippen molar-refractivity contribution >= 4 is 11.5 Å². The SMILES string of the molecule is O=C(O)C=C1CC2(CCCC2)c2ccccc21. The lowest BCUT2D eigenvalue weighted by Crippen LogP contribution is -2.17. The first-order chi connectivity index (χ1) is 8.21. The van der Waals surface area contributed by atoms with E-state index in [9.17, 15) is 4.79 Å². The first kappa shape index (κ1) is 10.6. The fourth-order valence-electron chi connectivity index (χ4n) is 3.56. The number of hydrogen-bond donors (Lipinski definition) is 1. The summed E-state index contributed by atoms with van der Waals surface area (Å²) < 4.78 is 0. The van der Waals surface area contributed by atoms with Gasteiger partial charge in [0, 0.05) is 6.08 Å². The number of carboxylic acid groups (broad SMARTS) is 1. The number of carboxylic acids is 1. The van der Waals surface area contributed by atoms with Crippen LogP contribution in [-0.4, -0.2) is 11.1 Å². The molecule has 2 nitrogen and oxygen atoms in total. The van der Waals surface area contributed by atoms with Gasteiger partial charge in [-0.15, -0.1) is 0 Å². The summed E-state index contributed by atoms with van der Waals surface area (Å²) in [5.74, 6) is -0.829. The quantitative estimate of drug-likeness (QED) is 0.748. The van der Waals surface area contributed by atoms with Gasteiger partial charge in [0.1, 0.15) is 0 Å². The smallest absolute Gasteiger partial charge is 0.328 e. The number of carbonyl (C=O) groups is 1. The molecule has 2 heteroatoms. The van der Waals surface area contributed by atoms with Gasteiger partial charge in [0.05, 0.1) is 0 Å². The van der Waals surface area contributed by atoms with Crippen LogP contribution in [0.5, 0.6) is 0 Å². The third kappa shape index (κ3) is 1.59. The first-order valence-corrected chi connectivity index (χ1v) is 6.25. The highest BCUT2D eigenvalue weighted by Crippen LogP contribution is 2.54. The maximum absolute atomic E-state index is 10.9. The molecule has 88 valence electrons. The number of benzene rings is 1. The van der Waals surface area contributed by atoms with E-state index in [1.807, 2.05) is 6.07 Å². The Kier molecular flexibility index (Phi) is 2.32. The van der Waals surface area contributed by atoms with Crippen molar-refractivity contribution in [2.45, 2.75) is 37.5 Å². The van der Waals surface area contributed by atoms with Gasteiger partial charge in [-0.1, -0.05) is 37.1 Å². The highest BCUT2D eigenvalue weighted by Gasteiger charge is 2.42. The molecule has 3 rings (SSSR count). The summed E-state index contributed by atoms with van der Waals surface area (Å²) >= 11 is 0. The maximum Gasteiger partial charge on any atom is 0.328 e. The minimum atomic E-state index is -0.829. The second-order valence-corrected chi connectivity index (χ2v) is 5.22. The van der Waals surface area contributed by atoms with Crippen molar-refractivity contribution in [3.63, 3.8) is 0 Å². The first-order valence-electron chi connectivity index (χ1n) is 6.25. The van der Waals surface area contributed by atoms with Gasteiger partial charge >= 0.3 is 5.97 Å². The van der Waals surface area contributed by atoms with E-state index in [1.165, 1.54) is 37.3 Å². The van der Waals surface area contributed by atoms with E-state index < -0.39 is 5.97 Å². The van der Waals surface area contributed by atoms with Gasteiger partial charge in [-0.05, 0) is 41.4 Å². The predicted molar refractivity (Wildman–Crippen MR) is 66.8 cm³/mol. The molecule has 1 spiro atoms. The Bertz CT molecular complexity index is 493. The molecule has 17 heavy (non-hydrogen) atoms. The van der Waals surface area contributed by atoms with Gasteiger partial charge in [-0.25, -0.2) is 4.79 Å². The van der Waals surface area contributed by atoms with Crippen molar-refractivity contribution in [3.05, 3.63) is 41.5 Å². The average Bonchev–Trinajstić information content (AvgIpc) is 2.88. The molecule has 0 amide bonds. The van der Waals surface area contributed by atoms with Gasteiger partial charge < -0.3 is 5.11 Å². The fourth-order valence-corrected chi connectivity index (χ4v) is 3.56. The summed E-state index contributed by atoms with van der Waals surface area (Å²) in [6.07, 6.45) is 7.27. The van der Waals surface area contributed by atoms with E-state index in [4.69, 9.17) is 5.11 Å². The average molecular weight is 228 g/mol. The van der Waals surface area contributed by atoms with Crippen LogP contribution < -0.4 is 0 Å². The molecule has 1 aromatic rings. The third-order valence-electron chi connectivity index (χ3n) is 4.23. The second-order valence-electron chi connectivity index (χ2n) is 5.22. The van der Waals surface area contributed by atoms with Crippen molar-refractivity contribution in [2.75, 3.05) is 0 Å². The van der Waals surface area contributed by atoms with Crippen molar-refractivity contribution in [1.82, 2.24) is 0 Å². The maximum atomic E-state index is 10.9. The Hall–Kier alpha value is -1.57. The summed E-state index contributed by atoms with van der Waals surface area (Å²) in [6, 6.07) is 8.33. The fraction of sp³-hybridized carbons (Fsp3) is 0.400. The molecule has 1 N–H and O–H groups in total. The Balaban J connectivity index is 2.13. The summed E-state index contributed by atoms with van der Waals surface area (Å²) in [4.78, 5) is 10.9. The summed E-state index contributed by atoms with van der Waals surface area (Å²) in [7, 11) is 0. The molecule has 0 bridgehead atoms. The lowest BCUT2D eigenvalue weighted by atomic mass is 9.80. The molecular weight excluding hydrogens is 212 g/mol. The monoisotopic (exact) mass is 228 g/mol. The van der Waals surface area contributed by atoms with Crippen LogP contribution in [0.3, 0.4) is 0 Å². The zero-order valence-corrected chi connectivity index (χ0v) is 9.78. The van der Waals surface area contributed by atoms with E-state index in [1.54, 1.807) is 0 Å². The van der Waals surface area contributed by atoms with Crippen LogP contribution in [0.25, 0.3) is 5.57 Å². The molecule has 1 aromatic carbocycles. The second kappa shape index (κ2) is 3.73. The summed E-state index contributed by atoms with van der Waals surface area (Å²) in [6.45, 7) is 0. The van der Waals surface area contributed by atoms with Crippen molar-refractivity contribution < 1.29 is 9.90 Å². The molecule has 2 aliphatic rings. The Morgan fingerprint density at radius 2 is 1.94 bits per heavy atom. The largest absolute Gasteiger partial charge is 0.478 e. The zero-order chi connectivity index (χ0) is 11.9. The van der Waals surface area contributed by atoms with Crippen LogP contribution >= 0.6 is 0 Å². The topological polar surface area (TPSA) is 37.3 Å². The molecular formula is C15H16O2. The number of allylic oxidation sites excluding steroid dienone is 1.